The SMILES string of the molecule is COc1ccc(CCC(=O)c2ccn(C)c2)cc1. The van der Waals surface area contributed by atoms with Crippen molar-refractivity contribution in [2.45, 2.75) is 12.8 Å². The second-order valence-corrected chi connectivity index (χ2v) is 4.34. The fourth-order valence-electron chi connectivity index (χ4n) is 1.86. The first-order chi connectivity index (χ1) is 8.69. The molecule has 0 unspecified atom stereocenters. The molecule has 0 radical (unpaired) electrons. The Morgan fingerprint density at radius 3 is 2.50 bits per heavy atom. The molecule has 0 N–H and O–H groups in total. The van der Waals surface area contributed by atoms with E-state index in [1.807, 2.05) is 54.3 Å². The zero-order valence-corrected chi connectivity index (χ0v) is 10.7. The molecule has 0 aliphatic heterocycles. The van der Waals surface area contributed by atoms with Crippen LogP contribution in [0.25, 0.3) is 0 Å². The Labute approximate surface area is 107 Å². The predicted molar refractivity (Wildman–Crippen MR) is 71.1 cm³/mol. The van der Waals surface area contributed by atoms with Crippen LogP contribution in [0.5, 0.6) is 5.75 Å². The van der Waals surface area contributed by atoms with Crippen LogP contribution in [0.1, 0.15) is 22.3 Å². The monoisotopic (exact) mass is 243 g/mol. The molecule has 0 saturated carbocycles. The molecule has 94 valence electrons. The Balaban J connectivity index is 1.92. The van der Waals surface area contributed by atoms with Crippen molar-refractivity contribution in [2.24, 2.45) is 7.05 Å². The molecule has 1 aromatic heterocycles. The van der Waals surface area contributed by atoms with Gasteiger partial charge in [0.05, 0.1) is 7.11 Å². The maximum Gasteiger partial charge on any atom is 0.164 e. The number of carbonyl (C=O) groups is 1. The van der Waals surface area contributed by atoms with Gasteiger partial charge in [-0.15, -0.1) is 0 Å². The van der Waals surface area contributed by atoms with E-state index in [1.165, 1.54) is 0 Å². The first kappa shape index (κ1) is 12.4. The topological polar surface area (TPSA) is 31.2 Å². The Bertz CT molecular complexity index is 526. The lowest BCUT2D eigenvalue weighted by Gasteiger charge is -2.02. The molecule has 1 heterocycles. The molecule has 3 heteroatoms. The highest BCUT2D eigenvalue weighted by Crippen LogP contribution is 2.14. The first-order valence-electron chi connectivity index (χ1n) is 5.97. The number of Topliss-reactive ketones (excluding diaryl/α,β-unsaturated/α-hetero) is 1. The number of nitrogens with zero attached hydrogens (tertiary/aromatic N) is 1. The van der Waals surface area contributed by atoms with Crippen LogP contribution in [-0.4, -0.2) is 17.5 Å². The molecular weight excluding hydrogens is 226 g/mol. The maximum absolute atomic E-state index is 11.9. The molecule has 0 bridgehead atoms. The van der Waals surface area contributed by atoms with Crippen LogP contribution < -0.4 is 4.74 Å². The van der Waals surface area contributed by atoms with Gasteiger partial charge in [0.2, 0.25) is 0 Å². The van der Waals surface area contributed by atoms with E-state index in [0.717, 1.165) is 23.3 Å². The number of hydrogen-bond donors (Lipinski definition) is 0. The van der Waals surface area contributed by atoms with Gasteiger partial charge in [-0.2, -0.15) is 0 Å². The normalized spacial score (nSPS) is 10.3. The number of hydrogen-bond acceptors (Lipinski definition) is 2. The molecule has 0 spiro atoms. The quantitative estimate of drug-likeness (QED) is 0.756. The fourth-order valence-corrected chi connectivity index (χ4v) is 1.86. The van der Waals surface area contributed by atoms with Crippen molar-refractivity contribution in [2.75, 3.05) is 7.11 Å². The summed E-state index contributed by atoms with van der Waals surface area (Å²) in [5.41, 5.74) is 1.94. The summed E-state index contributed by atoms with van der Waals surface area (Å²) in [6.45, 7) is 0. The third kappa shape index (κ3) is 3.00. The van der Waals surface area contributed by atoms with Crippen molar-refractivity contribution >= 4 is 5.78 Å². The van der Waals surface area contributed by atoms with Gasteiger partial charge in [-0.3, -0.25) is 4.79 Å². The lowest BCUT2D eigenvalue weighted by atomic mass is 10.0. The minimum absolute atomic E-state index is 0.186. The molecule has 3 nitrogen and oxygen atoms in total. The van der Waals surface area contributed by atoms with Crippen molar-refractivity contribution in [3.05, 3.63) is 53.9 Å². The van der Waals surface area contributed by atoms with E-state index in [0.29, 0.717) is 6.42 Å². The van der Waals surface area contributed by atoms with Gasteiger partial charge in [-0.1, -0.05) is 12.1 Å². The van der Waals surface area contributed by atoms with Crippen molar-refractivity contribution in [1.82, 2.24) is 4.57 Å². The smallest absolute Gasteiger partial charge is 0.164 e. The number of aryl methyl sites for hydroxylation is 2. The summed E-state index contributed by atoms with van der Waals surface area (Å²) >= 11 is 0. The van der Waals surface area contributed by atoms with E-state index in [2.05, 4.69) is 0 Å². The van der Waals surface area contributed by atoms with Crippen LogP contribution in [0.4, 0.5) is 0 Å². The summed E-state index contributed by atoms with van der Waals surface area (Å²) in [6.07, 6.45) is 5.05. The minimum Gasteiger partial charge on any atom is -0.497 e. The Hall–Kier alpha value is -2.03. The van der Waals surface area contributed by atoms with Gasteiger partial charge < -0.3 is 9.30 Å². The molecule has 0 amide bonds. The first-order valence-corrected chi connectivity index (χ1v) is 5.97. The maximum atomic E-state index is 11.9. The lowest BCUT2D eigenvalue weighted by Crippen LogP contribution is -2.00. The Morgan fingerprint density at radius 1 is 1.22 bits per heavy atom. The third-order valence-electron chi connectivity index (χ3n) is 2.95. The van der Waals surface area contributed by atoms with Crippen molar-refractivity contribution in [1.29, 1.82) is 0 Å². The van der Waals surface area contributed by atoms with E-state index in [4.69, 9.17) is 4.74 Å². The molecule has 0 fully saturated rings. The van der Waals surface area contributed by atoms with Crippen LogP contribution in [0, 0.1) is 0 Å². The van der Waals surface area contributed by atoms with E-state index in [-0.39, 0.29) is 5.78 Å². The summed E-state index contributed by atoms with van der Waals surface area (Å²) in [5, 5.41) is 0. The fraction of sp³-hybridized carbons (Fsp3) is 0.267. The van der Waals surface area contributed by atoms with Gasteiger partial charge in [0.15, 0.2) is 5.78 Å². The molecular formula is C15H17NO2. The van der Waals surface area contributed by atoms with E-state index in [1.54, 1.807) is 7.11 Å². The van der Waals surface area contributed by atoms with Crippen molar-refractivity contribution < 1.29 is 9.53 Å². The van der Waals surface area contributed by atoms with Crippen molar-refractivity contribution in [3.63, 3.8) is 0 Å². The van der Waals surface area contributed by atoms with Crippen LogP contribution >= 0.6 is 0 Å². The number of ketones is 1. The van der Waals surface area contributed by atoms with E-state index in [9.17, 15) is 4.79 Å². The van der Waals surface area contributed by atoms with E-state index < -0.39 is 0 Å². The standard InChI is InChI=1S/C15H17NO2/c1-16-10-9-13(11-16)15(17)8-5-12-3-6-14(18-2)7-4-12/h3-4,6-7,9-11H,5,8H2,1-2H3. The number of aromatic nitrogens is 1. The summed E-state index contributed by atoms with van der Waals surface area (Å²) < 4.78 is 6.99. The van der Waals surface area contributed by atoms with Gasteiger partial charge in [-0.05, 0) is 30.2 Å². The van der Waals surface area contributed by atoms with Crippen LogP contribution in [0.2, 0.25) is 0 Å². The summed E-state index contributed by atoms with van der Waals surface area (Å²) in [5.74, 6) is 1.03. The summed E-state index contributed by atoms with van der Waals surface area (Å²) in [7, 11) is 3.56. The molecule has 18 heavy (non-hydrogen) atoms. The van der Waals surface area contributed by atoms with Gasteiger partial charge in [0, 0.05) is 31.4 Å². The number of rotatable bonds is 5. The average molecular weight is 243 g/mol. The molecule has 0 aliphatic rings. The van der Waals surface area contributed by atoms with Crippen molar-refractivity contribution in [3.8, 4) is 5.75 Å². The molecule has 2 rings (SSSR count). The van der Waals surface area contributed by atoms with Gasteiger partial charge in [0.25, 0.3) is 0 Å². The van der Waals surface area contributed by atoms with Gasteiger partial charge in [0.1, 0.15) is 5.75 Å². The molecule has 0 atom stereocenters. The average Bonchev–Trinajstić information content (AvgIpc) is 2.83. The summed E-state index contributed by atoms with van der Waals surface area (Å²) in [6, 6.07) is 9.69. The Morgan fingerprint density at radius 2 is 1.94 bits per heavy atom. The highest BCUT2D eigenvalue weighted by molar-refractivity contribution is 5.96. The molecule has 1 aromatic carbocycles. The highest BCUT2D eigenvalue weighted by Gasteiger charge is 2.07. The van der Waals surface area contributed by atoms with Gasteiger partial charge in [-0.25, -0.2) is 0 Å². The second-order valence-electron chi connectivity index (χ2n) is 4.34. The molecule has 0 aliphatic carbocycles. The largest absolute Gasteiger partial charge is 0.497 e. The lowest BCUT2D eigenvalue weighted by molar-refractivity contribution is 0.0983. The zero-order chi connectivity index (χ0) is 13.0. The second kappa shape index (κ2) is 5.54. The number of methoxy groups -OCH3 is 1. The molecule has 2 aromatic rings. The number of benzene rings is 1. The highest BCUT2D eigenvalue weighted by atomic mass is 16.5. The van der Waals surface area contributed by atoms with Gasteiger partial charge >= 0.3 is 0 Å². The third-order valence-corrected chi connectivity index (χ3v) is 2.95. The number of ether oxygens (including phenoxy) is 1. The zero-order valence-electron chi connectivity index (χ0n) is 10.7. The van der Waals surface area contributed by atoms with Crippen LogP contribution in [-0.2, 0) is 13.5 Å². The predicted octanol–water partition coefficient (Wildman–Crippen LogP) is 2.85. The Kier molecular flexibility index (Phi) is 3.82. The van der Waals surface area contributed by atoms with Crippen LogP contribution in [0.15, 0.2) is 42.7 Å². The molecule has 0 saturated heterocycles. The minimum atomic E-state index is 0.186. The number of carbonyl (C=O) groups excluding carboxylic acids is 1. The van der Waals surface area contributed by atoms with Crippen LogP contribution in [0.3, 0.4) is 0 Å². The summed E-state index contributed by atoms with van der Waals surface area (Å²) in [4.78, 5) is 11.9. The van der Waals surface area contributed by atoms with E-state index >= 15 is 0 Å².